The van der Waals surface area contributed by atoms with Crippen LogP contribution in [0.2, 0.25) is 0 Å². The third-order valence-electron chi connectivity index (χ3n) is 4.24. The van der Waals surface area contributed by atoms with Gasteiger partial charge < -0.3 is 10.6 Å². The average Bonchev–Trinajstić information content (AvgIpc) is 2.56. The van der Waals surface area contributed by atoms with E-state index >= 15 is 0 Å². The van der Waals surface area contributed by atoms with Crippen LogP contribution < -0.4 is 10.6 Å². The second-order valence-electron chi connectivity index (χ2n) is 6.06. The first-order chi connectivity index (χ1) is 10.7. The standard InChI is InChI=1S/C18H24N4.ClH/c1-21(17-7-3-2-4-8-17)18-10-9-15(12-20-18)13-22-11-5-6-16(19)14-22;/h2-4,7-10,12,16H,5-6,11,13-14,19H2,1H3;1H. The summed E-state index contributed by atoms with van der Waals surface area (Å²) in [5.74, 6) is 0.963. The van der Waals surface area contributed by atoms with E-state index in [4.69, 9.17) is 5.73 Å². The maximum Gasteiger partial charge on any atom is 0.132 e. The van der Waals surface area contributed by atoms with Crippen molar-refractivity contribution in [2.45, 2.75) is 25.4 Å². The van der Waals surface area contributed by atoms with Crippen LogP contribution >= 0.6 is 12.4 Å². The van der Waals surface area contributed by atoms with E-state index in [2.05, 4.69) is 39.0 Å². The van der Waals surface area contributed by atoms with Crippen LogP contribution in [0, 0.1) is 0 Å². The Morgan fingerprint density at radius 2 is 2.00 bits per heavy atom. The molecule has 1 aromatic heterocycles. The number of nitrogens with zero attached hydrogens (tertiary/aromatic N) is 3. The molecule has 0 radical (unpaired) electrons. The monoisotopic (exact) mass is 332 g/mol. The Balaban J connectivity index is 0.00000192. The number of aromatic nitrogens is 1. The van der Waals surface area contributed by atoms with E-state index in [9.17, 15) is 0 Å². The van der Waals surface area contributed by atoms with Gasteiger partial charge in [-0.1, -0.05) is 24.3 Å². The number of hydrogen-bond acceptors (Lipinski definition) is 4. The van der Waals surface area contributed by atoms with Crippen molar-refractivity contribution in [2.75, 3.05) is 25.0 Å². The van der Waals surface area contributed by atoms with Crippen LogP contribution in [0.15, 0.2) is 48.7 Å². The molecule has 5 heteroatoms. The lowest BCUT2D eigenvalue weighted by Gasteiger charge is -2.30. The molecule has 3 rings (SSSR count). The molecule has 0 bridgehead atoms. The number of para-hydroxylation sites is 1. The highest BCUT2D eigenvalue weighted by atomic mass is 35.5. The molecule has 1 fully saturated rings. The maximum absolute atomic E-state index is 6.04. The molecule has 1 saturated heterocycles. The van der Waals surface area contributed by atoms with Crippen molar-refractivity contribution in [1.29, 1.82) is 0 Å². The minimum absolute atomic E-state index is 0. The van der Waals surface area contributed by atoms with Crippen LogP contribution in [-0.2, 0) is 6.54 Å². The van der Waals surface area contributed by atoms with E-state index in [1.165, 1.54) is 12.0 Å². The Hall–Kier alpha value is -1.62. The first-order valence-corrected chi connectivity index (χ1v) is 7.94. The minimum Gasteiger partial charge on any atom is -0.329 e. The summed E-state index contributed by atoms with van der Waals surface area (Å²) in [6, 6.07) is 14.9. The molecule has 0 amide bonds. The van der Waals surface area contributed by atoms with Crippen molar-refractivity contribution in [1.82, 2.24) is 9.88 Å². The van der Waals surface area contributed by atoms with Crippen LogP contribution in [-0.4, -0.2) is 36.1 Å². The normalized spacial score (nSPS) is 18.3. The molecule has 4 nitrogen and oxygen atoms in total. The fourth-order valence-corrected chi connectivity index (χ4v) is 2.99. The maximum atomic E-state index is 6.04. The smallest absolute Gasteiger partial charge is 0.132 e. The molecule has 2 heterocycles. The SMILES string of the molecule is CN(c1ccccc1)c1ccc(CN2CCCC(N)C2)cn1.Cl. The molecule has 0 saturated carbocycles. The van der Waals surface area contributed by atoms with Crippen molar-refractivity contribution in [3.05, 3.63) is 54.2 Å². The fraction of sp³-hybridized carbons (Fsp3) is 0.389. The molecule has 1 atom stereocenters. The minimum atomic E-state index is 0. The van der Waals surface area contributed by atoms with Gasteiger partial charge in [0.25, 0.3) is 0 Å². The number of nitrogens with two attached hydrogens (primary N) is 1. The zero-order valence-electron chi connectivity index (χ0n) is 13.6. The predicted octanol–water partition coefficient (Wildman–Crippen LogP) is 3.19. The summed E-state index contributed by atoms with van der Waals surface area (Å²) < 4.78 is 0. The molecule has 2 N–H and O–H groups in total. The molecular weight excluding hydrogens is 308 g/mol. The summed E-state index contributed by atoms with van der Waals surface area (Å²) in [6.45, 7) is 3.07. The van der Waals surface area contributed by atoms with E-state index in [0.717, 1.165) is 37.6 Å². The van der Waals surface area contributed by atoms with Crippen molar-refractivity contribution in [2.24, 2.45) is 5.73 Å². The van der Waals surface area contributed by atoms with Crippen LogP contribution in [0.4, 0.5) is 11.5 Å². The Kier molecular flexibility index (Phi) is 6.39. The molecule has 0 aliphatic carbocycles. The number of anilines is 2. The number of likely N-dealkylation sites (tertiary alicyclic amines) is 1. The van der Waals surface area contributed by atoms with Gasteiger partial charge in [0.1, 0.15) is 5.82 Å². The lowest BCUT2D eigenvalue weighted by atomic mass is 10.1. The van der Waals surface area contributed by atoms with Gasteiger partial charge in [0.05, 0.1) is 0 Å². The van der Waals surface area contributed by atoms with Crippen LogP contribution in [0.1, 0.15) is 18.4 Å². The molecule has 1 aliphatic heterocycles. The lowest BCUT2D eigenvalue weighted by Crippen LogP contribution is -2.42. The highest BCUT2D eigenvalue weighted by Crippen LogP contribution is 2.21. The van der Waals surface area contributed by atoms with Gasteiger partial charge >= 0.3 is 0 Å². The Morgan fingerprint density at radius 3 is 2.65 bits per heavy atom. The van der Waals surface area contributed by atoms with Crippen molar-refractivity contribution in [3.8, 4) is 0 Å². The third-order valence-corrected chi connectivity index (χ3v) is 4.24. The van der Waals surface area contributed by atoms with Gasteiger partial charge in [0.15, 0.2) is 0 Å². The molecular formula is C18H25ClN4. The van der Waals surface area contributed by atoms with Gasteiger partial charge in [-0.15, -0.1) is 12.4 Å². The first kappa shape index (κ1) is 17.7. The zero-order valence-corrected chi connectivity index (χ0v) is 14.4. The van der Waals surface area contributed by atoms with E-state index in [1.807, 2.05) is 31.4 Å². The quantitative estimate of drug-likeness (QED) is 0.934. The molecule has 1 unspecified atom stereocenters. The topological polar surface area (TPSA) is 45.4 Å². The van der Waals surface area contributed by atoms with Crippen molar-refractivity contribution in [3.63, 3.8) is 0 Å². The predicted molar refractivity (Wildman–Crippen MR) is 98.5 cm³/mol. The van der Waals surface area contributed by atoms with E-state index < -0.39 is 0 Å². The number of piperidine rings is 1. The Morgan fingerprint density at radius 1 is 1.22 bits per heavy atom. The molecule has 1 aliphatic rings. The summed E-state index contributed by atoms with van der Waals surface area (Å²) in [6.07, 6.45) is 4.33. The highest BCUT2D eigenvalue weighted by molar-refractivity contribution is 5.85. The molecule has 23 heavy (non-hydrogen) atoms. The van der Waals surface area contributed by atoms with Gasteiger partial charge in [0.2, 0.25) is 0 Å². The first-order valence-electron chi connectivity index (χ1n) is 7.94. The Bertz CT molecular complexity index is 588. The van der Waals surface area contributed by atoms with Crippen LogP contribution in [0.5, 0.6) is 0 Å². The second-order valence-corrected chi connectivity index (χ2v) is 6.06. The van der Waals surface area contributed by atoms with Gasteiger partial charge in [-0.05, 0) is 43.1 Å². The van der Waals surface area contributed by atoms with E-state index in [1.54, 1.807) is 0 Å². The second kappa shape index (κ2) is 8.29. The fourth-order valence-electron chi connectivity index (χ4n) is 2.99. The van der Waals surface area contributed by atoms with Crippen molar-refractivity contribution >= 4 is 23.9 Å². The Labute approximate surface area is 144 Å². The van der Waals surface area contributed by atoms with Gasteiger partial charge in [-0.25, -0.2) is 4.98 Å². The molecule has 2 aromatic rings. The summed E-state index contributed by atoms with van der Waals surface area (Å²) in [7, 11) is 2.04. The molecule has 0 spiro atoms. The summed E-state index contributed by atoms with van der Waals surface area (Å²) in [5, 5.41) is 0. The van der Waals surface area contributed by atoms with Gasteiger partial charge in [-0.2, -0.15) is 0 Å². The molecule has 124 valence electrons. The molecule has 1 aromatic carbocycles. The summed E-state index contributed by atoms with van der Waals surface area (Å²) in [5.41, 5.74) is 8.44. The van der Waals surface area contributed by atoms with Crippen molar-refractivity contribution < 1.29 is 0 Å². The summed E-state index contributed by atoms with van der Waals surface area (Å²) in [4.78, 5) is 9.13. The number of halogens is 1. The van der Waals surface area contributed by atoms with Crippen LogP contribution in [0.3, 0.4) is 0 Å². The third kappa shape index (κ3) is 4.67. The van der Waals surface area contributed by atoms with Gasteiger partial charge in [0, 0.05) is 38.1 Å². The summed E-state index contributed by atoms with van der Waals surface area (Å²) >= 11 is 0. The number of benzene rings is 1. The zero-order chi connectivity index (χ0) is 15.4. The number of hydrogen-bond donors (Lipinski definition) is 1. The number of pyridine rings is 1. The lowest BCUT2D eigenvalue weighted by molar-refractivity contribution is 0.201. The number of rotatable bonds is 4. The highest BCUT2D eigenvalue weighted by Gasteiger charge is 2.16. The van der Waals surface area contributed by atoms with E-state index in [0.29, 0.717) is 6.04 Å². The largest absolute Gasteiger partial charge is 0.329 e. The average molecular weight is 333 g/mol. The van der Waals surface area contributed by atoms with Crippen LogP contribution in [0.25, 0.3) is 0 Å². The van der Waals surface area contributed by atoms with Gasteiger partial charge in [-0.3, -0.25) is 4.90 Å². The van der Waals surface area contributed by atoms with E-state index in [-0.39, 0.29) is 12.4 Å².